The molecule has 0 bridgehead atoms. The van der Waals surface area contributed by atoms with Crippen molar-refractivity contribution < 1.29 is 18.0 Å². The molecule has 6 nitrogen and oxygen atoms in total. The second-order valence-electron chi connectivity index (χ2n) is 9.70. The zero-order chi connectivity index (χ0) is 29.0. The van der Waals surface area contributed by atoms with Crippen LogP contribution in [0.5, 0.6) is 0 Å². The van der Waals surface area contributed by atoms with Crippen LogP contribution in [0.4, 0.5) is 13.2 Å². The summed E-state index contributed by atoms with van der Waals surface area (Å²) in [4.78, 5) is 39.9. The van der Waals surface area contributed by atoms with Gasteiger partial charge < -0.3 is 0 Å². The quantitative estimate of drug-likeness (QED) is 0.225. The molecule has 1 atom stereocenters. The van der Waals surface area contributed by atoms with Crippen LogP contribution in [0.25, 0.3) is 21.3 Å². The molecular formula is C30H28F3N3O3S. The maximum atomic E-state index is 13.6. The van der Waals surface area contributed by atoms with Crippen molar-refractivity contribution in [3.05, 3.63) is 91.4 Å². The van der Waals surface area contributed by atoms with E-state index in [9.17, 15) is 32.8 Å². The standard InChI is InChI=1S/C30H28F3N3O3S/c1-3-7-20(4-2)26(37)18-35-27(38)25-14-23(15-30(31,32)33)40-28(25)36(29(35)39)17-19-10-12-21(13-11-19)24-9-6-5-8-22(24)16-34/h5-6,8-14,20H,3-4,7,15,17-18H2,1-2H3. The summed E-state index contributed by atoms with van der Waals surface area (Å²) in [6.07, 6.45) is -3.75. The number of carbonyl (C=O) groups is 1. The minimum absolute atomic E-state index is 0.0118. The molecule has 2 aromatic heterocycles. The van der Waals surface area contributed by atoms with E-state index >= 15 is 0 Å². The van der Waals surface area contributed by atoms with Crippen LogP contribution in [0, 0.1) is 17.2 Å². The van der Waals surface area contributed by atoms with Gasteiger partial charge in [-0.05, 0) is 41.7 Å². The molecule has 0 spiro atoms. The number of alkyl halides is 3. The van der Waals surface area contributed by atoms with Crippen molar-refractivity contribution in [1.82, 2.24) is 9.13 Å². The van der Waals surface area contributed by atoms with E-state index in [-0.39, 0.29) is 33.3 Å². The zero-order valence-corrected chi connectivity index (χ0v) is 22.9. The molecule has 0 fully saturated rings. The maximum absolute atomic E-state index is 13.6. The fourth-order valence-corrected chi connectivity index (χ4v) is 6.01. The number of thiophene rings is 1. The van der Waals surface area contributed by atoms with Gasteiger partial charge in [0.2, 0.25) is 0 Å². The Morgan fingerprint density at radius 1 is 1.05 bits per heavy atom. The molecule has 2 heterocycles. The Morgan fingerprint density at radius 3 is 2.38 bits per heavy atom. The largest absolute Gasteiger partial charge is 0.393 e. The first-order valence-corrected chi connectivity index (χ1v) is 13.8. The van der Waals surface area contributed by atoms with E-state index in [2.05, 4.69) is 6.07 Å². The van der Waals surface area contributed by atoms with E-state index in [1.807, 2.05) is 26.0 Å². The summed E-state index contributed by atoms with van der Waals surface area (Å²) in [5, 5.41) is 9.40. The number of fused-ring (bicyclic) bond motifs is 1. The number of ketones is 1. The highest BCUT2D eigenvalue weighted by Crippen LogP contribution is 2.30. The first kappa shape index (κ1) is 29.0. The van der Waals surface area contributed by atoms with Crippen LogP contribution in [-0.2, 0) is 24.3 Å². The first-order valence-electron chi connectivity index (χ1n) is 13.0. The molecule has 1 unspecified atom stereocenters. The Kier molecular flexibility index (Phi) is 8.74. The average Bonchev–Trinajstić information content (AvgIpc) is 3.34. The van der Waals surface area contributed by atoms with Gasteiger partial charge in [-0.25, -0.2) is 4.79 Å². The average molecular weight is 568 g/mol. The van der Waals surface area contributed by atoms with Gasteiger partial charge in [0.25, 0.3) is 5.56 Å². The van der Waals surface area contributed by atoms with Gasteiger partial charge in [0.1, 0.15) is 4.83 Å². The highest BCUT2D eigenvalue weighted by Gasteiger charge is 2.30. The second kappa shape index (κ2) is 12.0. The minimum Gasteiger partial charge on any atom is -0.297 e. The molecule has 0 amide bonds. The molecule has 0 aliphatic carbocycles. The van der Waals surface area contributed by atoms with Crippen LogP contribution >= 0.6 is 11.3 Å². The molecule has 40 heavy (non-hydrogen) atoms. The van der Waals surface area contributed by atoms with E-state index in [0.717, 1.165) is 33.5 Å². The third-order valence-electron chi connectivity index (χ3n) is 6.87. The number of benzene rings is 2. The lowest BCUT2D eigenvalue weighted by Crippen LogP contribution is -2.42. The van der Waals surface area contributed by atoms with E-state index in [0.29, 0.717) is 24.0 Å². The summed E-state index contributed by atoms with van der Waals surface area (Å²) in [6.45, 7) is 3.37. The maximum Gasteiger partial charge on any atom is 0.393 e. The van der Waals surface area contributed by atoms with Crippen molar-refractivity contribution in [1.29, 1.82) is 5.26 Å². The van der Waals surface area contributed by atoms with Gasteiger partial charge in [0.05, 0.1) is 36.5 Å². The summed E-state index contributed by atoms with van der Waals surface area (Å²) < 4.78 is 41.6. The third-order valence-corrected chi connectivity index (χ3v) is 8.03. The fraction of sp³-hybridized carbons (Fsp3) is 0.333. The summed E-state index contributed by atoms with van der Waals surface area (Å²) in [5.74, 6) is -0.562. The summed E-state index contributed by atoms with van der Waals surface area (Å²) in [7, 11) is 0. The lowest BCUT2D eigenvalue weighted by molar-refractivity contribution is -0.126. The number of hydrogen-bond donors (Lipinski definition) is 0. The predicted molar refractivity (Wildman–Crippen MR) is 149 cm³/mol. The Morgan fingerprint density at radius 2 is 1.75 bits per heavy atom. The molecule has 0 N–H and O–H groups in total. The SMILES string of the molecule is CCCC(CC)C(=O)Cn1c(=O)c2cc(CC(F)(F)F)sc2n(Cc2ccc(-c3ccccc3C#N)cc2)c1=O. The van der Waals surface area contributed by atoms with Gasteiger partial charge in [0, 0.05) is 10.8 Å². The van der Waals surface area contributed by atoms with Gasteiger partial charge in [-0.3, -0.25) is 18.7 Å². The van der Waals surface area contributed by atoms with Crippen molar-refractivity contribution >= 4 is 27.3 Å². The number of nitriles is 1. The van der Waals surface area contributed by atoms with E-state index < -0.39 is 30.4 Å². The molecule has 4 rings (SSSR count). The van der Waals surface area contributed by atoms with Crippen LogP contribution in [0.3, 0.4) is 0 Å². The normalized spacial score (nSPS) is 12.4. The second-order valence-corrected chi connectivity index (χ2v) is 10.8. The van der Waals surface area contributed by atoms with Gasteiger partial charge in [0.15, 0.2) is 5.78 Å². The molecule has 4 aromatic rings. The number of nitrogens with zero attached hydrogens (tertiary/aromatic N) is 3. The summed E-state index contributed by atoms with van der Waals surface area (Å²) in [5.41, 5.74) is 1.21. The smallest absolute Gasteiger partial charge is 0.297 e. The first-order chi connectivity index (χ1) is 19.1. The highest BCUT2D eigenvalue weighted by atomic mass is 32.1. The minimum atomic E-state index is -4.48. The predicted octanol–water partition coefficient (Wildman–Crippen LogP) is 6.31. The molecule has 2 aromatic carbocycles. The molecule has 208 valence electrons. The van der Waals surface area contributed by atoms with Gasteiger partial charge in [-0.1, -0.05) is 62.7 Å². The van der Waals surface area contributed by atoms with Crippen molar-refractivity contribution in [3.8, 4) is 17.2 Å². The van der Waals surface area contributed by atoms with E-state index in [4.69, 9.17) is 0 Å². The number of carbonyl (C=O) groups excluding carboxylic acids is 1. The van der Waals surface area contributed by atoms with Crippen molar-refractivity contribution in [3.63, 3.8) is 0 Å². The Hall–Kier alpha value is -3.97. The van der Waals surface area contributed by atoms with Crippen LogP contribution in [-0.4, -0.2) is 21.1 Å². The zero-order valence-electron chi connectivity index (χ0n) is 22.1. The summed E-state index contributed by atoms with van der Waals surface area (Å²) >= 11 is 0.758. The number of Topliss-reactive ketones (excluding diaryl/α,β-unsaturated/α-hetero) is 1. The molecule has 0 radical (unpaired) electrons. The van der Waals surface area contributed by atoms with E-state index in [1.165, 1.54) is 10.6 Å². The van der Waals surface area contributed by atoms with E-state index in [1.54, 1.807) is 36.4 Å². The highest BCUT2D eigenvalue weighted by molar-refractivity contribution is 7.18. The van der Waals surface area contributed by atoms with Crippen molar-refractivity contribution in [2.75, 3.05) is 0 Å². The van der Waals surface area contributed by atoms with Crippen LogP contribution < -0.4 is 11.2 Å². The van der Waals surface area contributed by atoms with Gasteiger partial charge in [-0.15, -0.1) is 11.3 Å². The molecular weight excluding hydrogens is 539 g/mol. The Balaban J connectivity index is 1.79. The van der Waals surface area contributed by atoms with Gasteiger partial charge >= 0.3 is 11.9 Å². The van der Waals surface area contributed by atoms with Crippen molar-refractivity contribution in [2.24, 2.45) is 5.92 Å². The fourth-order valence-electron chi connectivity index (χ4n) is 4.84. The molecule has 10 heteroatoms. The number of halogens is 3. The number of rotatable bonds is 10. The molecule has 0 aliphatic heterocycles. The van der Waals surface area contributed by atoms with Crippen molar-refractivity contribution in [2.45, 2.75) is 58.8 Å². The Bertz CT molecular complexity index is 1690. The lowest BCUT2D eigenvalue weighted by atomic mass is 9.96. The lowest BCUT2D eigenvalue weighted by Gasteiger charge is -2.15. The molecule has 0 saturated heterocycles. The number of aromatic nitrogens is 2. The summed E-state index contributed by atoms with van der Waals surface area (Å²) in [6, 6.07) is 17.6. The monoisotopic (exact) mass is 567 g/mol. The number of hydrogen-bond acceptors (Lipinski definition) is 5. The third kappa shape index (κ3) is 6.26. The van der Waals surface area contributed by atoms with Crippen LogP contribution in [0.15, 0.2) is 64.2 Å². The topological polar surface area (TPSA) is 84.9 Å². The molecule has 0 aliphatic rings. The van der Waals surface area contributed by atoms with Gasteiger partial charge in [-0.2, -0.15) is 18.4 Å². The van der Waals surface area contributed by atoms with Crippen LogP contribution in [0.1, 0.15) is 49.1 Å². The van der Waals surface area contributed by atoms with Crippen LogP contribution in [0.2, 0.25) is 0 Å². The molecule has 0 saturated carbocycles. The Labute approximate surface area is 232 Å².